The average Bonchev–Trinajstić information content (AvgIpc) is 2.45. The summed E-state index contributed by atoms with van der Waals surface area (Å²) in [6, 6.07) is 0. The minimum absolute atomic E-state index is 0.00911. The number of aliphatic hydroxyl groups is 4. The van der Waals surface area contributed by atoms with E-state index in [2.05, 4.69) is 4.74 Å². The number of ether oxygens (including phenoxy) is 1. The van der Waals surface area contributed by atoms with Crippen LogP contribution in [-0.4, -0.2) is 57.9 Å². The number of hydrogen-bond donors (Lipinski definition) is 4. The van der Waals surface area contributed by atoms with Gasteiger partial charge in [0, 0.05) is 6.42 Å². The number of carbonyl (C=O) groups excluding carboxylic acids is 1. The fourth-order valence-corrected chi connectivity index (χ4v) is 2.02. The summed E-state index contributed by atoms with van der Waals surface area (Å²) in [5, 5.41) is 38.2. The largest absolute Gasteiger partial charge is 0.469 e. The smallest absolute Gasteiger partial charge is 0.308 e. The minimum Gasteiger partial charge on any atom is -0.469 e. The van der Waals surface area contributed by atoms with Crippen LogP contribution in [0.1, 0.15) is 45.4 Å². The van der Waals surface area contributed by atoms with Crippen molar-refractivity contribution in [2.24, 2.45) is 0 Å². The molecule has 3 unspecified atom stereocenters. The Bertz CT molecular complexity index is 364. The predicted octanol–water partition coefficient (Wildman–Crippen LogP) is 1.08. The predicted molar refractivity (Wildman–Crippen MR) is 87.7 cm³/mol. The number of esters is 1. The Kier molecular flexibility index (Phi) is 12.6. The highest BCUT2D eigenvalue weighted by atomic mass is 16.5. The van der Waals surface area contributed by atoms with Gasteiger partial charge in [0.1, 0.15) is 0 Å². The molecule has 0 saturated heterocycles. The summed E-state index contributed by atoms with van der Waals surface area (Å²) in [4.78, 5) is 11.0. The molecule has 0 aromatic rings. The molecule has 0 aliphatic carbocycles. The number of methoxy groups -OCH3 is 1. The summed E-state index contributed by atoms with van der Waals surface area (Å²) in [5.41, 5.74) is 0. The second-order valence-corrected chi connectivity index (χ2v) is 5.72. The Labute approximate surface area is 138 Å². The lowest BCUT2D eigenvalue weighted by atomic mass is 10.0. The molecule has 0 saturated carbocycles. The van der Waals surface area contributed by atoms with Gasteiger partial charge in [-0.3, -0.25) is 4.79 Å². The highest BCUT2D eigenvalue weighted by molar-refractivity contribution is 5.69. The first-order chi connectivity index (χ1) is 10.8. The summed E-state index contributed by atoms with van der Waals surface area (Å²) >= 11 is 0. The normalized spacial score (nSPS) is 17.3. The lowest BCUT2D eigenvalue weighted by molar-refractivity contribution is -0.143. The molecule has 6 heteroatoms. The van der Waals surface area contributed by atoms with Gasteiger partial charge in [0.25, 0.3) is 0 Å². The van der Waals surface area contributed by atoms with E-state index in [4.69, 9.17) is 5.11 Å². The molecule has 4 N–H and O–H groups in total. The van der Waals surface area contributed by atoms with E-state index in [0.29, 0.717) is 0 Å². The van der Waals surface area contributed by atoms with Gasteiger partial charge in [0.2, 0.25) is 0 Å². The fourth-order valence-electron chi connectivity index (χ4n) is 2.02. The van der Waals surface area contributed by atoms with Crippen LogP contribution in [0.3, 0.4) is 0 Å². The molecule has 134 valence electrons. The van der Waals surface area contributed by atoms with Crippen LogP contribution in [0.2, 0.25) is 0 Å². The molecule has 0 bridgehead atoms. The van der Waals surface area contributed by atoms with Crippen molar-refractivity contribution in [3.63, 3.8) is 0 Å². The van der Waals surface area contributed by atoms with Gasteiger partial charge < -0.3 is 25.2 Å². The third-order valence-electron chi connectivity index (χ3n) is 3.26. The zero-order valence-electron chi connectivity index (χ0n) is 14.0. The Hall–Kier alpha value is -1.21. The van der Waals surface area contributed by atoms with E-state index in [1.165, 1.54) is 7.11 Å². The van der Waals surface area contributed by atoms with E-state index in [0.717, 1.165) is 19.3 Å². The summed E-state index contributed by atoms with van der Waals surface area (Å²) in [7, 11) is 1.23. The topological polar surface area (TPSA) is 107 Å². The maximum Gasteiger partial charge on any atom is 0.308 e. The van der Waals surface area contributed by atoms with Gasteiger partial charge in [-0.2, -0.15) is 0 Å². The van der Waals surface area contributed by atoms with E-state index in [-0.39, 0.29) is 25.4 Å². The highest BCUT2D eigenvalue weighted by Crippen LogP contribution is 2.10. The first kappa shape index (κ1) is 21.8. The van der Waals surface area contributed by atoms with Crippen molar-refractivity contribution >= 4 is 5.97 Å². The Morgan fingerprint density at radius 3 is 2.39 bits per heavy atom. The van der Waals surface area contributed by atoms with Gasteiger partial charge in [-0.05, 0) is 32.6 Å². The van der Waals surface area contributed by atoms with Crippen LogP contribution in [0.15, 0.2) is 24.3 Å². The number of rotatable bonds is 12. The zero-order valence-corrected chi connectivity index (χ0v) is 14.0. The second kappa shape index (κ2) is 13.2. The molecule has 0 amide bonds. The van der Waals surface area contributed by atoms with Crippen LogP contribution in [0, 0.1) is 0 Å². The maximum atomic E-state index is 11.0. The van der Waals surface area contributed by atoms with Crippen LogP contribution in [0.4, 0.5) is 0 Å². The van der Waals surface area contributed by atoms with E-state index >= 15 is 0 Å². The fraction of sp³-hybridized carbons (Fsp3) is 0.706. The minimum atomic E-state index is -0.984. The van der Waals surface area contributed by atoms with Crippen molar-refractivity contribution in [3.05, 3.63) is 24.3 Å². The summed E-state index contributed by atoms with van der Waals surface area (Å²) in [5.74, 6) is -0.536. The van der Waals surface area contributed by atoms with Crippen molar-refractivity contribution < 1.29 is 30.0 Å². The first-order valence-corrected chi connectivity index (χ1v) is 7.97. The molecule has 0 aromatic carbocycles. The van der Waals surface area contributed by atoms with Crippen LogP contribution < -0.4 is 0 Å². The van der Waals surface area contributed by atoms with Crippen molar-refractivity contribution in [3.8, 4) is 0 Å². The van der Waals surface area contributed by atoms with E-state index in [9.17, 15) is 20.1 Å². The molecule has 0 spiro atoms. The number of aliphatic hydroxyl groups excluding tert-OH is 4. The summed E-state index contributed by atoms with van der Waals surface area (Å²) in [6.07, 6.45) is 6.47. The van der Waals surface area contributed by atoms with Gasteiger partial charge in [-0.15, -0.1) is 0 Å². The second-order valence-electron chi connectivity index (χ2n) is 5.72. The maximum absolute atomic E-state index is 11.0. The SMILES string of the molecule is COC(=O)CC(O)CC(O)CC(O)/C=C/C=C/CCC[C@@H](C)O. The van der Waals surface area contributed by atoms with Crippen LogP contribution in [0.25, 0.3) is 0 Å². The number of unbranched alkanes of at least 4 members (excludes halogenated alkanes) is 1. The van der Waals surface area contributed by atoms with Gasteiger partial charge in [0.15, 0.2) is 0 Å². The van der Waals surface area contributed by atoms with Gasteiger partial charge in [0.05, 0.1) is 37.9 Å². The molecule has 0 heterocycles. The molecule has 0 aromatic heterocycles. The Morgan fingerprint density at radius 2 is 1.78 bits per heavy atom. The van der Waals surface area contributed by atoms with E-state index in [1.54, 1.807) is 19.1 Å². The molecule has 23 heavy (non-hydrogen) atoms. The van der Waals surface area contributed by atoms with Crippen molar-refractivity contribution in [2.75, 3.05) is 7.11 Å². The van der Waals surface area contributed by atoms with Gasteiger partial charge in [-0.1, -0.05) is 24.3 Å². The summed E-state index contributed by atoms with van der Waals surface area (Å²) < 4.78 is 4.43. The molecular weight excluding hydrogens is 300 g/mol. The number of allylic oxidation sites excluding steroid dienone is 3. The number of carbonyl (C=O) groups is 1. The third-order valence-corrected chi connectivity index (χ3v) is 3.26. The molecule has 0 radical (unpaired) electrons. The molecule has 0 fully saturated rings. The highest BCUT2D eigenvalue weighted by Gasteiger charge is 2.17. The molecule has 0 aliphatic rings. The molecule has 0 rings (SSSR count). The Morgan fingerprint density at radius 1 is 1.09 bits per heavy atom. The average molecular weight is 330 g/mol. The van der Waals surface area contributed by atoms with Crippen molar-refractivity contribution in [1.82, 2.24) is 0 Å². The zero-order chi connectivity index (χ0) is 17.7. The first-order valence-electron chi connectivity index (χ1n) is 7.97. The van der Waals surface area contributed by atoms with E-state index in [1.807, 2.05) is 12.2 Å². The van der Waals surface area contributed by atoms with Gasteiger partial charge >= 0.3 is 5.97 Å². The Balaban J connectivity index is 3.90. The summed E-state index contributed by atoms with van der Waals surface area (Å²) in [6.45, 7) is 1.76. The molecular formula is C17H30O6. The van der Waals surface area contributed by atoms with Crippen LogP contribution >= 0.6 is 0 Å². The third kappa shape index (κ3) is 14.1. The van der Waals surface area contributed by atoms with Gasteiger partial charge in [-0.25, -0.2) is 0 Å². The molecule has 0 aliphatic heterocycles. The lowest BCUT2D eigenvalue weighted by Gasteiger charge is -2.16. The van der Waals surface area contributed by atoms with Crippen molar-refractivity contribution in [1.29, 1.82) is 0 Å². The quantitative estimate of drug-likeness (QED) is 0.242. The van der Waals surface area contributed by atoms with Crippen LogP contribution in [0.5, 0.6) is 0 Å². The molecule has 4 atom stereocenters. The monoisotopic (exact) mass is 330 g/mol. The molecule has 6 nitrogen and oxygen atoms in total. The van der Waals surface area contributed by atoms with Crippen LogP contribution in [-0.2, 0) is 9.53 Å². The van der Waals surface area contributed by atoms with E-state index < -0.39 is 24.3 Å². The van der Waals surface area contributed by atoms with Crippen molar-refractivity contribution in [2.45, 2.75) is 69.9 Å². The number of hydrogen-bond acceptors (Lipinski definition) is 6. The lowest BCUT2D eigenvalue weighted by Crippen LogP contribution is -2.24. The standard InChI is InChI=1S/C17H30O6/c1-13(18)8-6-4-3-5-7-9-14(19)10-15(20)11-16(21)12-17(22)23-2/h3,5,7,9,13-16,18-21H,4,6,8,10-12H2,1-2H3/b5-3+,9-7+/t13-,14?,15?,16?/m1/s1.